The van der Waals surface area contributed by atoms with Gasteiger partial charge in [0.25, 0.3) is 0 Å². The number of hydrogen-bond donors (Lipinski definition) is 2. The number of rotatable bonds is 3. The van der Waals surface area contributed by atoms with Gasteiger partial charge in [0.15, 0.2) is 0 Å². The molecule has 100 valence electrons. The molecule has 2 N–H and O–H groups in total. The van der Waals surface area contributed by atoms with Crippen LogP contribution in [0.15, 0.2) is 16.6 Å². The van der Waals surface area contributed by atoms with Crippen molar-refractivity contribution in [1.29, 1.82) is 0 Å². The fraction of sp³-hybridized carbons (Fsp3) is 0.385. The number of fused-ring (bicyclic) bond motifs is 1. The van der Waals surface area contributed by atoms with Crippen LogP contribution in [0, 0.1) is 0 Å². The number of hydrogen-bond acceptors (Lipinski definition) is 3. The first kappa shape index (κ1) is 12.6. The summed E-state index contributed by atoms with van der Waals surface area (Å²) in [5.41, 5.74) is 1.45. The van der Waals surface area contributed by atoms with Crippen molar-refractivity contribution in [2.75, 3.05) is 6.61 Å². The van der Waals surface area contributed by atoms with Gasteiger partial charge in [0.2, 0.25) is 0 Å². The summed E-state index contributed by atoms with van der Waals surface area (Å²) in [6.45, 7) is 0.802. The highest BCUT2D eigenvalue weighted by Gasteiger charge is 2.19. The van der Waals surface area contributed by atoms with Gasteiger partial charge >= 0.3 is 5.97 Å². The van der Waals surface area contributed by atoms with E-state index in [0.29, 0.717) is 11.9 Å². The molecule has 2 aromatic rings. The third-order valence-electron chi connectivity index (χ3n) is 3.28. The molecule has 5 nitrogen and oxygen atoms in total. The van der Waals surface area contributed by atoms with Crippen molar-refractivity contribution in [1.82, 2.24) is 9.97 Å². The van der Waals surface area contributed by atoms with Crippen molar-refractivity contribution < 1.29 is 14.6 Å². The van der Waals surface area contributed by atoms with Gasteiger partial charge in [-0.15, -0.1) is 0 Å². The first-order valence-electron chi connectivity index (χ1n) is 6.16. The van der Waals surface area contributed by atoms with Crippen LogP contribution in [-0.2, 0) is 11.2 Å². The summed E-state index contributed by atoms with van der Waals surface area (Å²) in [4.78, 5) is 18.8. The number of nitrogens with zero attached hydrogens (tertiary/aromatic N) is 1. The summed E-state index contributed by atoms with van der Waals surface area (Å²) < 4.78 is 6.30. The normalized spacial score (nSPS) is 19.1. The van der Waals surface area contributed by atoms with Gasteiger partial charge in [-0.1, -0.05) is 15.9 Å². The average Bonchev–Trinajstić information content (AvgIpc) is 2.97. The van der Waals surface area contributed by atoms with Crippen LogP contribution < -0.4 is 0 Å². The van der Waals surface area contributed by atoms with Crippen LogP contribution >= 0.6 is 15.9 Å². The van der Waals surface area contributed by atoms with E-state index in [9.17, 15) is 9.90 Å². The minimum atomic E-state index is -0.971. The number of benzene rings is 1. The molecule has 1 aliphatic heterocycles. The Morgan fingerprint density at radius 3 is 3.11 bits per heavy atom. The Balaban J connectivity index is 1.99. The molecule has 1 saturated heterocycles. The molecule has 0 aliphatic carbocycles. The largest absolute Gasteiger partial charge is 0.478 e. The second-order valence-corrected chi connectivity index (χ2v) is 5.59. The highest BCUT2D eigenvalue weighted by atomic mass is 79.9. The maximum Gasteiger partial charge on any atom is 0.338 e. The molecule has 1 aromatic heterocycles. The Labute approximate surface area is 118 Å². The van der Waals surface area contributed by atoms with Crippen molar-refractivity contribution in [3.8, 4) is 0 Å². The smallest absolute Gasteiger partial charge is 0.338 e. The molecule has 1 atom stereocenters. The first-order valence-corrected chi connectivity index (χ1v) is 6.96. The predicted molar refractivity (Wildman–Crippen MR) is 73.4 cm³/mol. The first-order chi connectivity index (χ1) is 9.13. The van der Waals surface area contributed by atoms with Crippen molar-refractivity contribution in [3.05, 3.63) is 28.0 Å². The average molecular weight is 325 g/mol. The molecule has 1 aliphatic rings. The Kier molecular flexibility index (Phi) is 3.28. The lowest BCUT2D eigenvalue weighted by molar-refractivity contribution is 0.0699. The lowest BCUT2D eigenvalue weighted by Gasteiger charge is -2.05. The summed E-state index contributed by atoms with van der Waals surface area (Å²) in [6, 6.07) is 3.41. The van der Waals surface area contributed by atoms with Crippen molar-refractivity contribution in [3.63, 3.8) is 0 Å². The molecule has 1 aromatic carbocycles. The monoisotopic (exact) mass is 324 g/mol. The Morgan fingerprint density at radius 2 is 2.42 bits per heavy atom. The molecule has 0 bridgehead atoms. The van der Waals surface area contributed by atoms with Crippen LogP contribution in [-0.4, -0.2) is 33.8 Å². The summed E-state index contributed by atoms with van der Waals surface area (Å²) in [7, 11) is 0. The molecular weight excluding hydrogens is 312 g/mol. The van der Waals surface area contributed by atoms with E-state index in [2.05, 4.69) is 25.9 Å². The maximum atomic E-state index is 11.2. The second-order valence-electron chi connectivity index (χ2n) is 4.68. The number of aromatic amines is 1. The molecule has 0 saturated carbocycles. The van der Waals surface area contributed by atoms with Crippen LogP contribution in [0.25, 0.3) is 11.0 Å². The van der Waals surface area contributed by atoms with Crippen molar-refractivity contribution in [2.45, 2.75) is 25.4 Å². The van der Waals surface area contributed by atoms with Gasteiger partial charge in [0.1, 0.15) is 11.3 Å². The fourth-order valence-corrected chi connectivity index (χ4v) is 2.87. The van der Waals surface area contributed by atoms with E-state index in [1.165, 1.54) is 0 Å². The number of aromatic carboxylic acids is 1. The van der Waals surface area contributed by atoms with Crippen LogP contribution in [0.2, 0.25) is 0 Å². The summed E-state index contributed by atoms with van der Waals surface area (Å²) in [5, 5.41) is 9.20. The molecule has 1 unspecified atom stereocenters. The molecule has 0 spiro atoms. The Hall–Kier alpha value is -1.40. The number of nitrogens with one attached hydrogen (secondary N) is 1. The second kappa shape index (κ2) is 4.94. The van der Waals surface area contributed by atoms with E-state index in [-0.39, 0.29) is 11.7 Å². The van der Waals surface area contributed by atoms with E-state index in [1.807, 2.05) is 6.07 Å². The number of carboxylic acids is 1. The van der Waals surface area contributed by atoms with E-state index < -0.39 is 5.97 Å². The van der Waals surface area contributed by atoms with E-state index >= 15 is 0 Å². The van der Waals surface area contributed by atoms with Gasteiger partial charge in [-0.25, -0.2) is 9.78 Å². The zero-order chi connectivity index (χ0) is 13.4. The van der Waals surface area contributed by atoms with Gasteiger partial charge in [0.05, 0.1) is 17.2 Å². The molecular formula is C13H13BrN2O3. The van der Waals surface area contributed by atoms with Gasteiger partial charge in [0, 0.05) is 17.5 Å². The maximum absolute atomic E-state index is 11.2. The topological polar surface area (TPSA) is 75.2 Å². The number of aromatic nitrogens is 2. The lowest BCUT2D eigenvalue weighted by atomic mass is 10.2. The molecule has 1 fully saturated rings. The number of carboxylic acid groups (broad SMARTS) is 1. The van der Waals surface area contributed by atoms with E-state index in [0.717, 1.165) is 35.3 Å². The number of halogens is 1. The van der Waals surface area contributed by atoms with Crippen LogP contribution in [0.5, 0.6) is 0 Å². The van der Waals surface area contributed by atoms with Gasteiger partial charge < -0.3 is 14.8 Å². The number of imidazole rings is 1. The molecule has 3 rings (SSSR count). The highest BCUT2D eigenvalue weighted by Crippen LogP contribution is 2.24. The number of ether oxygens (including phenoxy) is 1. The molecule has 0 radical (unpaired) electrons. The molecule has 6 heteroatoms. The zero-order valence-corrected chi connectivity index (χ0v) is 11.7. The van der Waals surface area contributed by atoms with Gasteiger partial charge in [-0.3, -0.25) is 0 Å². The predicted octanol–water partition coefficient (Wildman–Crippen LogP) is 2.75. The number of H-pyrrole nitrogens is 1. The summed E-state index contributed by atoms with van der Waals surface area (Å²) in [6.07, 6.45) is 3.01. The van der Waals surface area contributed by atoms with Gasteiger partial charge in [-0.05, 0) is 25.0 Å². The lowest BCUT2D eigenvalue weighted by Crippen LogP contribution is -2.09. The Bertz CT molecular complexity index is 632. The molecule has 0 amide bonds. The number of carbonyl (C=O) groups is 1. The molecule has 2 heterocycles. The standard InChI is InChI=1S/C13H13BrN2O3/c14-7-4-9(13(17)18)12-10(5-7)15-11(16-12)6-8-2-1-3-19-8/h4-5,8H,1-3,6H2,(H,15,16)(H,17,18). The summed E-state index contributed by atoms with van der Waals surface area (Å²) in [5.74, 6) is -0.191. The van der Waals surface area contributed by atoms with Crippen LogP contribution in [0.4, 0.5) is 0 Å². The van der Waals surface area contributed by atoms with E-state index in [1.54, 1.807) is 6.07 Å². The quantitative estimate of drug-likeness (QED) is 0.910. The van der Waals surface area contributed by atoms with Gasteiger partial charge in [-0.2, -0.15) is 0 Å². The van der Waals surface area contributed by atoms with E-state index in [4.69, 9.17) is 4.74 Å². The van der Waals surface area contributed by atoms with Crippen molar-refractivity contribution >= 4 is 32.9 Å². The SMILES string of the molecule is O=C(O)c1cc(Br)cc2[nH]c(CC3CCCO3)nc12. The third-order valence-corrected chi connectivity index (χ3v) is 3.73. The highest BCUT2D eigenvalue weighted by molar-refractivity contribution is 9.10. The summed E-state index contributed by atoms with van der Waals surface area (Å²) >= 11 is 3.31. The minimum Gasteiger partial charge on any atom is -0.478 e. The zero-order valence-electron chi connectivity index (χ0n) is 10.1. The van der Waals surface area contributed by atoms with Crippen LogP contribution in [0.3, 0.4) is 0 Å². The fourth-order valence-electron chi connectivity index (χ4n) is 2.41. The van der Waals surface area contributed by atoms with Crippen molar-refractivity contribution in [2.24, 2.45) is 0 Å². The van der Waals surface area contributed by atoms with Crippen LogP contribution in [0.1, 0.15) is 29.0 Å². The third kappa shape index (κ3) is 2.50. The minimum absolute atomic E-state index is 0.192. The molecule has 19 heavy (non-hydrogen) atoms. The Morgan fingerprint density at radius 1 is 1.58 bits per heavy atom.